The topological polar surface area (TPSA) is 43.9 Å². The molecule has 0 amide bonds. The lowest BCUT2D eigenvalue weighted by Gasteiger charge is -2.12. The lowest BCUT2D eigenvalue weighted by molar-refractivity contribution is 0.669. The third-order valence-electron chi connectivity index (χ3n) is 8.82. The zero-order valence-corrected chi connectivity index (χ0v) is 24.8. The third kappa shape index (κ3) is 3.65. The molecule has 0 aliphatic rings. The zero-order chi connectivity index (χ0) is 29.5. The molecule has 0 aliphatic heterocycles. The van der Waals surface area contributed by atoms with Gasteiger partial charge < -0.3 is 8.98 Å². The Kier molecular flexibility index (Phi) is 5.12. The van der Waals surface area contributed by atoms with Crippen LogP contribution in [-0.2, 0) is 0 Å². The number of fused-ring (bicyclic) bond motifs is 9. The Bertz CT molecular complexity index is 2770. The van der Waals surface area contributed by atoms with Crippen molar-refractivity contribution in [3.05, 3.63) is 140 Å². The summed E-state index contributed by atoms with van der Waals surface area (Å²) in [4.78, 5) is 11.3. The molecule has 0 N–H and O–H groups in total. The van der Waals surface area contributed by atoms with Crippen LogP contribution in [0.25, 0.3) is 92.4 Å². The van der Waals surface area contributed by atoms with Crippen LogP contribution in [0.2, 0.25) is 0 Å². The molecule has 0 bridgehead atoms. The van der Waals surface area contributed by atoms with E-state index >= 15 is 0 Å². The highest BCUT2D eigenvalue weighted by molar-refractivity contribution is 7.25. The van der Waals surface area contributed by atoms with Crippen LogP contribution in [0.1, 0.15) is 0 Å². The van der Waals surface area contributed by atoms with E-state index in [1.165, 1.54) is 20.9 Å². The van der Waals surface area contributed by atoms with Gasteiger partial charge in [0.2, 0.25) is 0 Å². The number of para-hydroxylation sites is 2. The van der Waals surface area contributed by atoms with Crippen molar-refractivity contribution in [3.8, 4) is 28.3 Å². The summed E-state index contributed by atoms with van der Waals surface area (Å²) in [6.07, 6.45) is 0. The van der Waals surface area contributed by atoms with Crippen molar-refractivity contribution in [3.63, 3.8) is 0 Å². The standard InChI is InChI=1S/C40H23N3OS/c1-2-11-24(12-3-1)39-41-38(37-29-17-6-9-20-36(29)45-40(37)42-39)25-13-10-14-26(21-25)43-32-18-7-4-15-27(32)30-23-35-31(22-33(30)43)28-16-5-8-19-34(28)44-35/h1-23H. The van der Waals surface area contributed by atoms with Gasteiger partial charge in [-0.2, -0.15) is 0 Å². The molecular formula is C40H23N3OS. The van der Waals surface area contributed by atoms with E-state index in [1.54, 1.807) is 11.3 Å². The van der Waals surface area contributed by atoms with E-state index < -0.39 is 0 Å². The lowest BCUT2D eigenvalue weighted by Crippen LogP contribution is -1.97. The number of hydrogen-bond acceptors (Lipinski definition) is 4. The summed E-state index contributed by atoms with van der Waals surface area (Å²) in [5, 5.41) is 6.89. The fourth-order valence-corrected chi connectivity index (χ4v) is 7.88. The van der Waals surface area contributed by atoms with Crippen molar-refractivity contribution in [1.82, 2.24) is 14.5 Å². The van der Waals surface area contributed by atoms with Gasteiger partial charge in [-0.05, 0) is 42.5 Å². The van der Waals surface area contributed by atoms with Gasteiger partial charge in [0.05, 0.1) is 16.7 Å². The van der Waals surface area contributed by atoms with Crippen molar-refractivity contribution >= 4 is 75.4 Å². The number of thiophene rings is 1. The van der Waals surface area contributed by atoms with Crippen LogP contribution in [0.5, 0.6) is 0 Å². The average Bonchev–Trinajstić information content (AvgIpc) is 3.76. The maximum Gasteiger partial charge on any atom is 0.161 e. The Hall–Kier alpha value is -5.78. The first kappa shape index (κ1) is 24.6. The molecule has 0 saturated heterocycles. The minimum absolute atomic E-state index is 0.737. The van der Waals surface area contributed by atoms with Crippen molar-refractivity contribution in [2.75, 3.05) is 0 Å². The first-order valence-corrected chi connectivity index (χ1v) is 15.8. The summed E-state index contributed by atoms with van der Waals surface area (Å²) in [6, 6.07) is 48.9. The molecule has 10 rings (SSSR count). The average molecular weight is 594 g/mol. The van der Waals surface area contributed by atoms with Gasteiger partial charge in [-0.15, -0.1) is 11.3 Å². The number of nitrogens with zero attached hydrogens (tertiary/aromatic N) is 3. The molecule has 0 unspecified atom stereocenters. The SMILES string of the molecule is c1ccc(-c2nc(-c3cccc(-n4c5ccccc5c5cc6oc7ccccc7c6cc54)c3)c3c(n2)sc2ccccc23)cc1. The number of furan rings is 1. The highest BCUT2D eigenvalue weighted by Crippen LogP contribution is 2.41. The van der Waals surface area contributed by atoms with E-state index in [1.807, 2.05) is 30.3 Å². The van der Waals surface area contributed by atoms with E-state index in [2.05, 4.69) is 114 Å². The Morgan fingerprint density at radius 3 is 2.18 bits per heavy atom. The second-order valence-corrected chi connectivity index (χ2v) is 12.4. The van der Waals surface area contributed by atoms with Gasteiger partial charge in [-0.1, -0.05) is 97.1 Å². The summed E-state index contributed by atoms with van der Waals surface area (Å²) in [6.45, 7) is 0. The largest absolute Gasteiger partial charge is 0.456 e. The van der Waals surface area contributed by atoms with E-state index in [0.717, 1.165) is 71.5 Å². The number of rotatable bonds is 3. The molecule has 0 spiro atoms. The second kappa shape index (κ2) is 9.36. The molecule has 4 heterocycles. The summed E-state index contributed by atoms with van der Waals surface area (Å²) < 4.78 is 9.88. The monoisotopic (exact) mass is 593 g/mol. The Morgan fingerprint density at radius 2 is 1.27 bits per heavy atom. The summed E-state index contributed by atoms with van der Waals surface area (Å²) in [5.41, 5.74) is 8.20. The zero-order valence-electron chi connectivity index (χ0n) is 23.9. The second-order valence-electron chi connectivity index (χ2n) is 11.4. The molecule has 10 aromatic rings. The maximum absolute atomic E-state index is 6.29. The Balaban J connectivity index is 1.26. The predicted octanol–water partition coefficient (Wildman–Crippen LogP) is 11.2. The fourth-order valence-electron chi connectivity index (χ4n) is 6.81. The summed E-state index contributed by atoms with van der Waals surface area (Å²) in [5.74, 6) is 0.737. The van der Waals surface area contributed by atoms with Crippen molar-refractivity contribution in [2.45, 2.75) is 0 Å². The fraction of sp³-hybridized carbons (Fsp3) is 0. The molecule has 0 atom stereocenters. The first-order valence-electron chi connectivity index (χ1n) is 15.0. The van der Waals surface area contributed by atoms with Crippen LogP contribution >= 0.6 is 11.3 Å². The van der Waals surface area contributed by atoms with Crippen molar-refractivity contribution in [1.29, 1.82) is 0 Å². The van der Waals surface area contributed by atoms with Crippen LogP contribution < -0.4 is 0 Å². The normalized spacial score (nSPS) is 12.0. The van der Waals surface area contributed by atoms with Crippen LogP contribution in [0, 0.1) is 0 Å². The molecule has 45 heavy (non-hydrogen) atoms. The predicted molar refractivity (Wildman–Crippen MR) is 187 cm³/mol. The van der Waals surface area contributed by atoms with Crippen LogP contribution in [0.15, 0.2) is 144 Å². The third-order valence-corrected chi connectivity index (χ3v) is 9.88. The van der Waals surface area contributed by atoms with Crippen LogP contribution in [0.3, 0.4) is 0 Å². The quantitative estimate of drug-likeness (QED) is 0.205. The van der Waals surface area contributed by atoms with Gasteiger partial charge in [0.15, 0.2) is 5.82 Å². The van der Waals surface area contributed by atoms with Gasteiger partial charge >= 0.3 is 0 Å². The van der Waals surface area contributed by atoms with E-state index in [-0.39, 0.29) is 0 Å². The molecule has 0 saturated carbocycles. The van der Waals surface area contributed by atoms with Crippen LogP contribution in [-0.4, -0.2) is 14.5 Å². The van der Waals surface area contributed by atoms with Crippen molar-refractivity contribution in [2.24, 2.45) is 0 Å². The molecule has 4 aromatic heterocycles. The van der Waals surface area contributed by atoms with Gasteiger partial charge in [0.1, 0.15) is 16.0 Å². The molecule has 5 heteroatoms. The Labute approximate surface area is 261 Å². The van der Waals surface area contributed by atoms with Gasteiger partial charge in [0, 0.05) is 53.8 Å². The van der Waals surface area contributed by atoms with Gasteiger partial charge in [0.25, 0.3) is 0 Å². The van der Waals surface area contributed by atoms with E-state index in [9.17, 15) is 0 Å². The number of aromatic nitrogens is 3. The van der Waals surface area contributed by atoms with Gasteiger partial charge in [-0.3, -0.25) is 0 Å². The minimum atomic E-state index is 0.737. The highest BCUT2D eigenvalue weighted by atomic mass is 32.1. The first-order chi connectivity index (χ1) is 22.3. The summed E-state index contributed by atoms with van der Waals surface area (Å²) in [7, 11) is 0. The van der Waals surface area contributed by atoms with E-state index in [4.69, 9.17) is 14.4 Å². The Morgan fingerprint density at radius 1 is 0.511 bits per heavy atom. The van der Waals surface area contributed by atoms with Crippen molar-refractivity contribution < 1.29 is 4.42 Å². The highest BCUT2D eigenvalue weighted by Gasteiger charge is 2.19. The molecule has 210 valence electrons. The van der Waals surface area contributed by atoms with E-state index in [0.29, 0.717) is 0 Å². The smallest absolute Gasteiger partial charge is 0.161 e. The molecule has 0 aliphatic carbocycles. The molecular weight excluding hydrogens is 571 g/mol. The summed E-state index contributed by atoms with van der Waals surface area (Å²) >= 11 is 1.72. The minimum Gasteiger partial charge on any atom is -0.456 e. The van der Waals surface area contributed by atoms with Crippen LogP contribution in [0.4, 0.5) is 0 Å². The molecule has 0 fully saturated rings. The lowest BCUT2D eigenvalue weighted by atomic mass is 10.0. The maximum atomic E-state index is 6.29. The molecule has 4 nitrogen and oxygen atoms in total. The number of hydrogen-bond donors (Lipinski definition) is 0. The molecule has 6 aromatic carbocycles. The molecule has 0 radical (unpaired) electrons. The number of benzene rings is 6. The van der Waals surface area contributed by atoms with Gasteiger partial charge in [-0.25, -0.2) is 9.97 Å².